The van der Waals surface area contributed by atoms with Crippen LogP contribution in [0.3, 0.4) is 0 Å². The summed E-state index contributed by atoms with van der Waals surface area (Å²) in [4.78, 5) is 8.47. The summed E-state index contributed by atoms with van der Waals surface area (Å²) in [5.74, 6) is 0. The van der Waals surface area contributed by atoms with Crippen molar-refractivity contribution in [3.8, 4) is 22.3 Å². The van der Waals surface area contributed by atoms with Crippen molar-refractivity contribution in [2.24, 2.45) is 0 Å². The standard InChI is InChI=1S/C92H98BN3/c1-84(2,3)59-40-43-76(63(48-59)57-32-22-20-23-33-57)94-79-55-71-69(87(10,11)65-36-26-28-38-67(65)89(71,14)15)53-74(79)93-75-54-70-72(90(16,17)68-39-29-27-37-66(68)88(70,12)13)56-80(75)95(77-44-41-60(85(4,5)6)49-64(77)58-34-24-21-25-35-58)82-52-62(51-81(94)83(82)93)96-78-45-42-61(86(7,8)9)50-73(78)91(18)46-30-31-47-92(91,96)19/h20-29,32-45,48-56H,30-31,46-47H2,1-19H3. The summed E-state index contributed by atoms with van der Waals surface area (Å²) >= 11 is 0. The molecular weight excluding hydrogens is 1160 g/mol. The second-order valence-corrected chi connectivity index (χ2v) is 35.3. The molecule has 1 saturated carbocycles. The molecule has 0 radical (unpaired) electrons. The number of rotatable bonds is 5. The number of hydrogen-bond acceptors (Lipinski definition) is 3. The number of nitrogens with zero attached hydrogens (tertiary/aromatic N) is 3. The van der Waals surface area contributed by atoms with Gasteiger partial charge in [0, 0.05) is 72.3 Å². The van der Waals surface area contributed by atoms with Crippen LogP contribution < -0.4 is 31.1 Å². The summed E-state index contributed by atoms with van der Waals surface area (Å²) in [5, 5.41) is 0. The fraction of sp³-hybridized carbons (Fsp3) is 0.348. The monoisotopic (exact) mass is 1260 g/mol. The number of fused-ring (bicyclic) bond motifs is 11. The van der Waals surface area contributed by atoms with E-state index in [1.165, 1.54) is 164 Å². The molecule has 6 aliphatic rings. The molecule has 0 bridgehead atoms. The van der Waals surface area contributed by atoms with Gasteiger partial charge in [0.2, 0.25) is 0 Å². The number of hydrogen-bond donors (Lipinski definition) is 0. The second-order valence-electron chi connectivity index (χ2n) is 35.3. The van der Waals surface area contributed by atoms with E-state index in [0.717, 1.165) is 12.8 Å². The lowest BCUT2D eigenvalue weighted by Crippen LogP contribution is -2.62. The van der Waals surface area contributed by atoms with E-state index in [1.807, 2.05) is 0 Å². The quantitative estimate of drug-likeness (QED) is 0.159. The van der Waals surface area contributed by atoms with Gasteiger partial charge in [-0.1, -0.05) is 283 Å². The van der Waals surface area contributed by atoms with Gasteiger partial charge in [-0.3, -0.25) is 0 Å². The zero-order valence-electron chi connectivity index (χ0n) is 60.8. The van der Waals surface area contributed by atoms with Crippen LogP contribution in [0.5, 0.6) is 0 Å². The van der Waals surface area contributed by atoms with Gasteiger partial charge in [-0.15, -0.1) is 0 Å². The SMILES string of the molecule is CC(C)(C)c1ccc(N2c3cc4c(cc3B3c5cc6c(cc5N(c5ccc(C(C)(C)C)cc5-c5ccccc5)c5cc(N7c8ccc(C(C)(C)C)cc8C8(C)CCCCC78C)cc2c53)C(C)(C)c2ccccc2C6(C)C)C(C)(C)c2ccccc2C4(C)C)c(-c2ccccc2)c1. The van der Waals surface area contributed by atoms with Gasteiger partial charge in [0.1, 0.15) is 0 Å². The van der Waals surface area contributed by atoms with Crippen molar-refractivity contribution in [2.75, 3.05) is 14.7 Å². The Bertz CT molecular complexity index is 4630. The molecule has 96 heavy (non-hydrogen) atoms. The minimum atomic E-state index is -0.310. The third-order valence-electron chi connectivity index (χ3n) is 25.2. The van der Waals surface area contributed by atoms with Crippen molar-refractivity contribution in [1.29, 1.82) is 0 Å². The van der Waals surface area contributed by atoms with Gasteiger partial charge in [0.25, 0.3) is 6.71 Å². The highest BCUT2D eigenvalue weighted by Crippen LogP contribution is 2.64. The summed E-state index contributed by atoms with van der Waals surface area (Å²) in [5.41, 5.74) is 33.9. The van der Waals surface area contributed by atoms with Crippen molar-refractivity contribution < 1.29 is 0 Å². The molecule has 16 rings (SSSR count). The molecule has 0 saturated heterocycles. The van der Waals surface area contributed by atoms with Gasteiger partial charge in [0.15, 0.2) is 0 Å². The first kappa shape index (κ1) is 62.5. The third kappa shape index (κ3) is 8.77. The van der Waals surface area contributed by atoms with E-state index in [0.29, 0.717) is 0 Å². The molecule has 1 fully saturated rings. The Balaban J connectivity index is 1.12. The molecule has 3 aliphatic carbocycles. The molecular formula is C92H98BN3. The molecule has 3 heterocycles. The molecule has 0 amide bonds. The van der Waals surface area contributed by atoms with Gasteiger partial charge in [-0.25, -0.2) is 0 Å². The molecule has 0 aromatic heterocycles. The van der Waals surface area contributed by atoms with Crippen LogP contribution in [0.15, 0.2) is 200 Å². The van der Waals surface area contributed by atoms with E-state index < -0.39 is 0 Å². The van der Waals surface area contributed by atoms with Gasteiger partial charge in [-0.2, -0.15) is 0 Å². The Labute approximate surface area is 575 Å². The van der Waals surface area contributed by atoms with E-state index in [9.17, 15) is 0 Å². The van der Waals surface area contributed by atoms with Crippen molar-refractivity contribution in [3.05, 3.63) is 267 Å². The maximum absolute atomic E-state index is 2.88. The Hall–Kier alpha value is -8.34. The largest absolute Gasteiger partial charge is 0.334 e. The number of benzene rings is 10. The Morgan fingerprint density at radius 3 is 1.06 bits per heavy atom. The van der Waals surface area contributed by atoms with E-state index in [2.05, 4.69) is 346 Å². The maximum atomic E-state index is 2.88. The lowest BCUT2D eigenvalue weighted by molar-refractivity contribution is 0.195. The average molecular weight is 1260 g/mol. The first-order valence-corrected chi connectivity index (χ1v) is 36.0. The lowest BCUT2D eigenvalue weighted by Gasteiger charge is -2.52. The zero-order chi connectivity index (χ0) is 67.6. The fourth-order valence-corrected chi connectivity index (χ4v) is 19.2. The normalized spacial score (nSPS) is 20.4. The first-order chi connectivity index (χ1) is 45.3. The highest BCUT2D eigenvalue weighted by molar-refractivity contribution is 7.00. The van der Waals surface area contributed by atoms with Crippen molar-refractivity contribution >= 4 is 68.6 Å². The number of anilines is 8. The van der Waals surface area contributed by atoms with Crippen LogP contribution in [0.2, 0.25) is 0 Å². The summed E-state index contributed by atoms with van der Waals surface area (Å²) in [6, 6.07) is 80.2. The molecule has 4 heteroatoms. The van der Waals surface area contributed by atoms with Crippen LogP contribution in [0, 0.1) is 0 Å². The molecule has 484 valence electrons. The molecule has 3 aliphatic heterocycles. The minimum absolute atomic E-state index is 0.00916. The van der Waals surface area contributed by atoms with E-state index >= 15 is 0 Å². The summed E-state index contributed by atoms with van der Waals surface area (Å²) < 4.78 is 0. The Morgan fingerprint density at radius 2 is 0.667 bits per heavy atom. The topological polar surface area (TPSA) is 9.72 Å². The van der Waals surface area contributed by atoms with Gasteiger partial charge in [-0.05, 0) is 185 Å². The molecule has 0 spiro atoms. The highest BCUT2D eigenvalue weighted by atomic mass is 15.3. The van der Waals surface area contributed by atoms with Crippen LogP contribution in [-0.4, -0.2) is 12.3 Å². The van der Waals surface area contributed by atoms with Gasteiger partial charge >= 0.3 is 0 Å². The fourth-order valence-electron chi connectivity index (χ4n) is 19.2. The zero-order valence-corrected chi connectivity index (χ0v) is 60.8. The third-order valence-corrected chi connectivity index (χ3v) is 25.2. The summed E-state index contributed by atoms with van der Waals surface area (Å²) in [6.07, 6.45) is 4.63. The lowest BCUT2D eigenvalue weighted by atomic mass is 9.32. The molecule has 2 atom stereocenters. The maximum Gasteiger partial charge on any atom is 0.252 e. The highest BCUT2D eigenvalue weighted by Gasteiger charge is 2.59. The van der Waals surface area contributed by atoms with Crippen LogP contribution >= 0.6 is 0 Å². The summed E-state index contributed by atoms with van der Waals surface area (Å²) in [7, 11) is 0. The minimum Gasteiger partial charge on any atom is -0.334 e. The summed E-state index contributed by atoms with van der Waals surface area (Å²) in [6.45, 7) is 46.4. The van der Waals surface area contributed by atoms with Crippen LogP contribution in [0.25, 0.3) is 22.3 Å². The Kier molecular flexibility index (Phi) is 13.4. The second kappa shape index (κ2) is 20.6. The molecule has 2 unspecified atom stereocenters. The van der Waals surface area contributed by atoms with E-state index in [-0.39, 0.29) is 55.6 Å². The van der Waals surface area contributed by atoms with Crippen molar-refractivity contribution in [2.45, 2.75) is 206 Å². The Morgan fingerprint density at radius 1 is 0.312 bits per heavy atom. The van der Waals surface area contributed by atoms with Crippen molar-refractivity contribution in [1.82, 2.24) is 0 Å². The van der Waals surface area contributed by atoms with Crippen LogP contribution in [0.1, 0.15) is 224 Å². The van der Waals surface area contributed by atoms with Gasteiger partial charge in [0.05, 0.1) is 16.9 Å². The van der Waals surface area contributed by atoms with Crippen LogP contribution in [0.4, 0.5) is 45.5 Å². The van der Waals surface area contributed by atoms with Gasteiger partial charge < -0.3 is 14.7 Å². The molecule has 10 aromatic carbocycles. The van der Waals surface area contributed by atoms with Crippen LogP contribution in [-0.2, 0) is 43.3 Å². The van der Waals surface area contributed by atoms with Crippen molar-refractivity contribution in [3.63, 3.8) is 0 Å². The predicted molar refractivity (Wildman–Crippen MR) is 412 cm³/mol. The smallest absolute Gasteiger partial charge is 0.252 e. The average Bonchev–Trinajstić information content (AvgIpc) is 0.766. The molecule has 3 nitrogen and oxygen atoms in total. The first-order valence-electron chi connectivity index (χ1n) is 36.0. The molecule has 10 aromatic rings. The van der Waals surface area contributed by atoms with E-state index in [1.54, 1.807) is 0 Å². The predicted octanol–water partition coefficient (Wildman–Crippen LogP) is 22.7. The molecule has 0 N–H and O–H groups in total. The van der Waals surface area contributed by atoms with E-state index in [4.69, 9.17) is 0 Å².